The molecule has 2 aromatic carbocycles. The zero-order valence-electron chi connectivity index (χ0n) is 13.5. The number of rotatable bonds is 7. The molecule has 0 atom stereocenters. The van der Waals surface area contributed by atoms with Gasteiger partial charge < -0.3 is 5.32 Å². The Morgan fingerprint density at radius 1 is 1.17 bits per heavy atom. The van der Waals surface area contributed by atoms with Gasteiger partial charge in [0.2, 0.25) is 0 Å². The fourth-order valence-electron chi connectivity index (χ4n) is 2.34. The summed E-state index contributed by atoms with van der Waals surface area (Å²) in [5.41, 5.74) is 3.45. The molecule has 124 valence electrons. The largest absolute Gasteiger partial charge is 0.319 e. The third-order valence-electron chi connectivity index (χ3n) is 3.60. The van der Waals surface area contributed by atoms with Crippen molar-refractivity contribution in [2.75, 3.05) is 13.6 Å². The molecule has 0 fully saturated rings. The monoisotopic (exact) mass is 374 g/mol. The highest BCUT2D eigenvalue weighted by Crippen LogP contribution is 2.35. The van der Waals surface area contributed by atoms with Gasteiger partial charge >= 0.3 is 0 Å². The second kappa shape index (κ2) is 8.67. The van der Waals surface area contributed by atoms with Gasteiger partial charge in [0.25, 0.3) is 0 Å². The number of benzene rings is 2. The van der Waals surface area contributed by atoms with E-state index < -0.39 is 0 Å². The van der Waals surface area contributed by atoms with Crippen LogP contribution < -0.4 is 5.32 Å². The molecule has 0 unspecified atom stereocenters. The highest BCUT2D eigenvalue weighted by Gasteiger charge is 2.11. The Hall–Kier alpha value is -1.33. The van der Waals surface area contributed by atoms with Gasteiger partial charge in [-0.25, -0.2) is 4.98 Å². The van der Waals surface area contributed by atoms with E-state index in [9.17, 15) is 0 Å². The van der Waals surface area contributed by atoms with Crippen LogP contribution in [0.5, 0.6) is 0 Å². The van der Waals surface area contributed by atoms with E-state index >= 15 is 0 Å². The van der Waals surface area contributed by atoms with Crippen LogP contribution >= 0.6 is 34.7 Å². The van der Waals surface area contributed by atoms with Crippen molar-refractivity contribution in [3.05, 3.63) is 69.5 Å². The van der Waals surface area contributed by atoms with Gasteiger partial charge in [-0.05, 0) is 30.8 Å². The number of aromatic nitrogens is 1. The molecule has 5 heteroatoms. The predicted octanol–water partition coefficient (Wildman–Crippen LogP) is 5.52. The molecule has 1 aromatic heterocycles. The van der Waals surface area contributed by atoms with Crippen molar-refractivity contribution in [2.45, 2.75) is 17.1 Å². The van der Waals surface area contributed by atoms with Crippen LogP contribution in [-0.4, -0.2) is 18.6 Å². The number of thioether (sulfide) groups is 1. The smallest absolute Gasteiger partial charge is 0.0945 e. The molecular formula is C19H19ClN2S2. The van der Waals surface area contributed by atoms with Crippen molar-refractivity contribution in [1.82, 2.24) is 10.3 Å². The van der Waals surface area contributed by atoms with Crippen LogP contribution in [0, 0.1) is 0 Å². The number of likely N-dealkylation sites (N-methyl/N-ethyl adjacent to an activating group) is 1. The zero-order chi connectivity index (χ0) is 16.8. The van der Waals surface area contributed by atoms with Gasteiger partial charge in [-0.15, -0.1) is 23.1 Å². The number of hydrogen-bond acceptors (Lipinski definition) is 4. The second-order valence-electron chi connectivity index (χ2n) is 5.39. The summed E-state index contributed by atoms with van der Waals surface area (Å²) in [5, 5.41) is 7.19. The van der Waals surface area contributed by atoms with Crippen LogP contribution in [0.2, 0.25) is 5.02 Å². The van der Waals surface area contributed by atoms with E-state index in [1.807, 2.05) is 37.0 Å². The van der Waals surface area contributed by atoms with Gasteiger partial charge in [0.05, 0.1) is 10.7 Å². The lowest BCUT2D eigenvalue weighted by molar-refractivity contribution is 0.788. The van der Waals surface area contributed by atoms with Gasteiger partial charge in [-0.1, -0.05) is 41.9 Å². The van der Waals surface area contributed by atoms with Gasteiger partial charge in [0.1, 0.15) is 0 Å². The van der Waals surface area contributed by atoms with Crippen LogP contribution in [-0.2, 0) is 12.2 Å². The molecule has 0 bridgehead atoms. The molecule has 0 spiro atoms. The summed E-state index contributed by atoms with van der Waals surface area (Å²) in [5.74, 6) is 0.937. The van der Waals surface area contributed by atoms with Crippen LogP contribution in [0.25, 0.3) is 11.3 Å². The molecule has 2 nitrogen and oxygen atoms in total. The predicted molar refractivity (Wildman–Crippen MR) is 106 cm³/mol. The third kappa shape index (κ3) is 4.61. The van der Waals surface area contributed by atoms with Crippen LogP contribution in [0.3, 0.4) is 0 Å². The molecule has 3 aromatic rings. The summed E-state index contributed by atoms with van der Waals surface area (Å²) in [4.78, 5) is 6.00. The van der Waals surface area contributed by atoms with Gasteiger partial charge in [0, 0.05) is 39.6 Å². The van der Waals surface area contributed by atoms with Crippen LogP contribution in [0.1, 0.15) is 10.6 Å². The van der Waals surface area contributed by atoms with Crippen molar-refractivity contribution >= 4 is 34.7 Å². The maximum Gasteiger partial charge on any atom is 0.0945 e. The molecule has 0 saturated carbocycles. The number of halogens is 1. The number of nitrogens with zero attached hydrogens (tertiary/aromatic N) is 1. The maximum absolute atomic E-state index is 6.23. The minimum atomic E-state index is 0.749. The molecule has 0 amide bonds. The van der Waals surface area contributed by atoms with Gasteiger partial charge in [-0.2, -0.15) is 0 Å². The Bertz CT molecular complexity index is 787. The summed E-state index contributed by atoms with van der Waals surface area (Å²) in [6.45, 7) is 0.943. The Morgan fingerprint density at radius 3 is 2.79 bits per heavy atom. The van der Waals surface area contributed by atoms with Crippen molar-refractivity contribution in [3.8, 4) is 11.3 Å². The Kier molecular flexibility index (Phi) is 6.32. The first-order valence-corrected chi connectivity index (χ1v) is 10.1. The molecule has 0 aliphatic heterocycles. The molecule has 1 heterocycles. The minimum absolute atomic E-state index is 0.749. The fraction of sp³-hybridized carbons (Fsp3) is 0.211. The quantitative estimate of drug-likeness (QED) is 0.551. The average molecular weight is 375 g/mol. The maximum atomic E-state index is 6.23. The molecule has 1 N–H and O–H groups in total. The molecule has 0 aliphatic carbocycles. The highest BCUT2D eigenvalue weighted by molar-refractivity contribution is 7.98. The Morgan fingerprint density at radius 2 is 2.00 bits per heavy atom. The summed E-state index contributed by atoms with van der Waals surface area (Å²) in [6.07, 6.45) is 0.953. The molecule has 3 rings (SSSR count). The van der Waals surface area contributed by atoms with Crippen molar-refractivity contribution in [2.24, 2.45) is 0 Å². The highest BCUT2D eigenvalue weighted by atomic mass is 35.5. The Labute approximate surface area is 156 Å². The Balaban J connectivity index is 1.81. The molecule has 0 saturated heterocycles. The van der Waals surface area contributed by atoms with E-state index in [4.69, 9.17) is 16.6 Å². The first-order valence-electron chi connectivity index (χ1n) is 7.82. The summed E-state index contributed by atoms with van der Waals surface area (Å²) >= 11 is 9.77. The molecular weight excluding hydrogens is 356 g/mol. The fourth-order valence-corrected chi connectivity index (χ4v) is 4.31. The van der Waals surface area contributed by atoms with Crippen LogP contribution in [0.15, 0.2) is 58.8 Å². The van der Waals surface area contributed by atoms with E-state index in [1.165, 1.54) is 10.5 Å². The summed E-state index contributed by atoms with van der Waals surface area (Å²) < 4.78 is 0. The van der Waals surface area contributed by atoms with Crippen molar-refractivity contribution < 1.29 is 0 Å². The van der Waals surface area contributed by atoms with E-state index in [0.29, 0.717) is 0 Å². The zero-order valence-corrected chi connectivity index (χ0v) is 15.8. The van der Waals surface area contributed by atoms with E-state index in [2.05, 4.69) is 41.0 Å². The van der Waals surface area contributed by atoms with Crippen LogP contribution in [0.4, 0.5) is 0 Å². The van der Waals surface area contributed by atoms with E-state index in [1.54, 1.807) is 11.3 Å². The lowest BCUT2D eigenvalue weighted by Crippen LogP contribution is -2.09. The summed E-state index contributed by atoms with van der Waals surface area (Å²) in [6, 6.07) is 16.6. The van der Waals surface area contributed by atoms with E-state index in [-0.39, 0.29) is 0 Å². The minimum Gasteiger partial charge on any atom is -0.319 e. The normalized spacial score (nSPS) is 10.9. The SMILES string of the molecule is CNCCc1nc(-c2cc(Cl)ccc2SCc2ccccc2)cs1. The summed E-state index contributed by atoms with van der Waals surface area (Å²) in [7, 11) is 1.96. The van der Waals surface area contributed by atoms with Crippen molar-refractivity contribution in [1.29, 1.82) is 0 Å². The molecule has 0 radical (unpaired) electrons. The lowest BCUT2D eigenvalue weighted by Gasteiger charge is -2.08. The number of thiazole rings is 1. The lowest BCUT2D eigenvalue weighted by atomic mass is 10.2. The van der Waals surface area contributed by atoms with E-state index in [0.717, 1.165) is 40.0 Å². The third-order valence-corrected chi connectivity index (χ3v) is 5.88. The molecule has 0 aliphatic rings. The van der Waals surface area contributed by atoms with Gasteiger partial charge in [-0.3, -0.25) is 0 Å². The van der Waals surface area contributed by atoms with Crippen molar-refractivity contribution in [3.63, 3.8) is 0 Å². The topological polar surface area (TPSA) is 24.9 Å². The first-order chi connectivity index (χ1) is 11.8. The second-order valence-corrected chi connectivity index (χ2v) is 7.79. The average Bonchev–Trinajstić information content (AvgIpc) is 3.08. The van der Waals surface area contributed by atoms with Gasteiger partial charge in [0.15, 0.2) is 0 Å². The first kappa shape index (κ1) is 17.5. The standard InChI is InChI=1S/C19H19ClN2S2/c1-21-10-9-19-22-17(13-24-19)16-11-15(20)7-8-18(16)23-12-14-5-3-2-4-6-14/h2-8,11,13,21H,9-10,12H2,1H3. The number of nitrogens with one attached hydrogen (secondary N) is 1. The number of hydrogen-bond donors (Lipinski definition) is 1. The molecule has 24 heavy (non-hydrogen) atoms.